The standard InChI is InChI=1S/C18H19F3N2O2/c1-23(2)11-13-7-3-5-9-15(13)22-17(24)12-25-16-10-6-4-8-14(16)18(19,20)21/h3-10H,11-12H2,1-2H3,(H,22,24). The number of anilines is 1. The molecule has 4 nitrogen and oxygen atoms in total. The lowest BCUT2D eigenvalue weighted by Gasteiger charge is -2.16. The Kier molecular flexibility index (Phi) is 6.03. The van der Waals surface area contributed by atoms with E-state index < -0.39 is 24.3 Å². The van der Waals surface area contributed by atoms with Crippen molar-refractivity contribution >= 4 is 11.6 Å². The Morgan fingerprint density at radius 2 is 1.72 bits per heavy atom. The predicted molar refractivity (Wildman–Crippen MR) is 89.4 cm³/mol. The molecule has 134 valence electrons. The fourth-order valence-electron chi connectivity index (χ4n) is 2.28. The van der Waals surface area contributed by atoms with Gasteiger partial charge in [-0.25, -0.2) is 0 Å². The van der Waals surface area contributed by atoms with Crippen molar-refractivity contribution in [3.63, 3.8) is 0 Å². The van der Waals surface area contributed by atoms with Crippen LogP contribution in [0.5, 0.6) is 5.75 Å². The lowest BCUT2D eigenvalue weighted by atomic mass is 10.1. The predicted octanol–water partition coefficient (Wildman–Crippen LogP) is 3.78. The summed E-state index contributed by atoms with van der Waals surface area (Å²) in [5, 5.41) is 2.67. The number of ether oxygens (including phenoxy) is 1. The van der Waals surface area contributed by atoms with Crippen molar-refractivity contribution in [3.05, 3.63) is 59.7 Å². The number of nitrogens with zero attached hydrogens (tertiary/aromatic N) is 1. The van der Waals surface area contributed by atoms with Crippen LogP contribution in [-0.4, -0.2) is 31.5 Å². The van der Waals surface area contributed by atoms with Crippen molar-refractivity contribution in [1.29, 1.82) is 0 Å². The van der Waals surface area contributed by atoms with Crippen molar-refractivity contribution in [1.82, 2.24) is 4.90 Å². The van der Waals surface area contributed by atoms with E-state index in [2.05, 4.69) is 5.32 Å². The van der Waals surface area contributed by atoms with E-state index in [1.807, 2.05) is 31.1 Å². The summed E-state index contributed by atoms with van der Waals surface area (Å²) in [7, 11) is 3.80. The average molecular weight is 352 g/mol. The van der Waals surface area contributed by atoms with Crippen LogP contribution >= 0.6 is 0 Å². The third-order valence-electron chi connectivity index (χ3n) is 3.33. The van der Waals surface area contributed by atoms with Gasteiger partial charge in [0, 0.05) is 12.2 Å². The van der Waals surface area contributed by atoms with Gasteiger partial charge in [0.15, 0.2) is 6.61 Å². The van der Waals surface area contributed by atoms with Gasteiger partial charge in [0.25, 0.3) is 5.91 Å². The third-order valence-corrected chi connectivity index (χ3v) is 3.33. The molecule has 0 saturated carbocycles. The monoisotopic (exact) mass is 352 g/mol. The molecule has 0 heterocycles. The van der Waals surface area contributed by atoms with Gasteiger partial charge >= 0.3 is 6.18 Å². The summed E-state index contributed by atoms with van der Waals surface area (Å²) < 4.78 is 43.8. The Labute approximate surface area is 144 Å². The lowest BCUT2D eigenvalue weighted by molar-refractivity contribution is -0.139. The highest BCUT2D eigenvalue weighted by Crippen LogP contribution is 2.35. The molecule has 0 fully saturated rings. The first-order valence-electron chi connectivity index (χ1n) is 7.59. The van der Waals surface area contributed by atoms with Crippen LogP contribution in [-0.2, 0) is 17.5 Å². The van der Waals surface area contributed by atoms with Crippen LogP contribution in [0.2, 0.25) is 0 Å². The molecule has 1 amide bonds. The van der Waals surface area contributed by atoms with Crippen LogP contribution in [0.15, 0.2) is 48.5 Å². The number of nitrogens with one attached hydrogen (secondary N) is 1. The fourth-order valence-corrected chi connectivity index (χ4v) is 2.28. The number of benzene rings is 2. The van der Waals surface area contributed by atoms with Gasteiger partial charge in [-0.15, -0.1) is 0 Å². The third kappa shape index (κ3) is 5.49. The first-order valence-corrected chi connectivity index (χ1v) is 7.59. The molecule has 0 aliphatic carbocycles. The molecule has 7 heteroatoms. The van der Waals surface area contributed by atoms with Crippen LogP contribution in [0, 0.1) is 0 Å². The molecule has 0 aromatic heterocycles. The molecule has 0 atom stereocenters. The maximum atomic E-state index is 12.9. The highest BCUT2D eigenvalue weighted by Gasteiger charge is 2.34. The number of para-hydroxylation sites is 2. The summed E-state index contributed by atoms with van der Waals surface area (Å²) in [6, 6.07) is 12.0. The fraction of sp³-hybridized carbons (Fsp3) is 0.278. The zero-order chi connectivity index (χ0) is 18.4. The smallest absolute Gasteiger partial charge is 0.419 e. The van der Waals surface area contributed by atoms with Gasteiger partial charge in [0.2, 0.25) is 0 Å². The molecule has 0 saturated heterocycles. The summed E-state index contributed by atoms with van der Waals surface area (Å²) in [5.41, 5.74) is 0.598. The van der Waals surface area contributed by atoms with Crippen LogP contribution in [0.4, 0.5) is 18.9 Å². The first kappa shape index (κ1) is 18.8. The molecular weight excluding hydrogens is 333 g/mol. The Bertz CT molecular complexity index is 730. The molecule has 0 unspecified atom stereocenters. The van der Waals surface area contributed by atoms with Crippen molar-refractivity contribution in [2.24, 2.45) is 0 Å². The summed E-state index contributed by atoms with van der Waals surface area (Å²) >= 11 is 0. The quantitative estimate of drug-likeness (QED) is 0.860. The van der Waals surface area contributed by atoms with Crippen LogP contribution in [0.3, 0.4) is 0 Å². The summed E-state index contributed by atoms with van der Waals surface area (Å²) in [4.78, 5) is 14.0. The van der Waals surface area contributed by atoms with E-state index in [1.54, 1.807) is 12.1 Å². The summed E-state index contributed by atoms with van der Waals surface area (Å²) in [6.45, 7) is 0.109. The van der Waals surface area contributed by atoms with Gasteiger partial charge in [-0.3, -0.25) is 4.79 Å². The molecule has 0 spiro atoms. The van der Waals surface area contributed by atoms with Crippen molar-refractivity contribution < 1.29 is 22.7 Å². The van der Waals surface area contributed by atoms with E-state index in [9.17, 15) is 18.0 Å². The van der Waals surface area contributed by atoms with Gasteiger partial charge in [-0.1, -0.05) is 30.3 Å². The van der Waals surface area contributed by atoms with E-state index in [1.165, 1.54) is 18.2 Å². The van der Waals surface area contributed by atoms with Crippen molar-refractivity contribution in [2.45, 2.75) is 12.7 Å². The molecule has 1 N–H and O–H groups in total. The normalized spacial score (nSPS) is 11.4. The van der Waals surface area contributed by atoms with Gasteiger partial charge in [0.05, 0.1) is 5.56 Å². The zero-order valence-electron chi connectivity index (χ0n) is 13.9. The SMILES string of the molecule is CN(C)Cc1ccccc1NC(=O)COc1ccccc1C(F)(F)F. The van der Waals surface area contributed by atoms with Crippen LogP contribution in [0.1, 0.15) is 11.1 Å². The largest absolute Gasteiger partial charge is 0.483 e. The van der Waals surface area contributed by atoms with Crippen LogP contribution < -0.4 is 10.1 Å². The number of amides is 1. The number of carbonyl (C=O) groups is 1. The number of hydrogen-bond donors (Lipinski definition) is 1. The Morgan fingerprint density at radius 1 is 1.08 bits per heavy atom. The lowest BCUT2D eigenvalue weighted by Crippen LogP contribution is -2.22. The Hall–Kier alpha value is -2.54. The van der Waals surface area contributed by atoms with E-state index >= 15 is 0 Å². The Morgan fingerprint density at radius 3 is 2.40 bits per heavy atom. The minimum absolute atomic E-state index is 0.369. The number of rotatable bonds is 6. The molecule has 2 rings (SSSR count). The topological polar surface area (TPSA) is 41.6 Å². The maximum Gasteiger partial charge on any atom is 0.419 e. The van der Waals surface area contributed by atoms with Gasteiger partial charge in [-0.2, -0.15) is 13.2 Å². The van der Waals surface area contributed by atoms with E-state index in [-0.39, 0.29) is 5.75 Å². The first-order chi connectivity index (χ1) is 11.8. The number of halogens is 3. The van der Waals surface area contributed by atoms with E-state index in [4.69, 9.17) is 4.74 Å². The summed E-state index contributed by atoms with van der Waals surface area (Å²) in [5.74, 6) is -0.894. The highest BCUT2D eigenvalue weighted by molar-refractivity contribution is 5.92. The van der Waals surface area contributed by atoms with Crippen LogP contribution in [0.25, 0.3) is 0 Å². The molecule has 0 bridgehead atoms. The molecular formula is C18H19F3N2O2. The molecule has 0 radical (unpaired) electrons. The minimum Gasteiger partial charge on any atom is -0.483 e. The number of alkyl halides is 3. The summed E-state index contributed by atoms with van der Waals surface area (Å²) in [6.07, 6.45) is -4.54. The molecule has 2 aromatic rings. The second kappa shape index (κ2) is 8.02. The highest BCUT2D eigenvalue weighted by atomic mass is 19.4. The van der Waals surface area contributed by atoms with E-state index in [0.29, 0.717) is 12.2 Å². The molecule has 0 aliphatic heterocycles. The second-order valence-corrected chi connectivity index (χ2v) is 5.73. The maximum absolute atomic E-state index is 12.9. The van der Waals surface area contributed by atoms with E-state index in [0.717, 1.165) is 11.6 Å². The second-order valence-electron chi connectivity index (χ2n) is 5.73. The van der Waals surface area contributed by atoms with Gasteiger partial charge in [-0.05, 0) is 37.9 Å². The molecule has 25 heavy (non-hydrogen) atoms. The minimum atomic E-state index is -4.54. The zero-order valence-corrected chi connectivity index (χ0v) is 13.9. The molecule has 0 aliphatic rings. The van der Waals surface area contributed by atoms with Crippen molar-refractivity contribution in [3.8, 4) is 5.75 Å². The van der Waals surface area contributed by atoms with Crippen molar-refractivity contribution in [2.75, 3.05) is 26.0 Å². The number of carbonyl (C=O) groups excluding carboxylic acids is 1. The number of hydrogen-bond acceptors (Lipinski definition) is 3. The van der Waals surface area contributed by atoms with Gasteiger partial charge in [0.1, 0.15) is 5.75 Å². The molecule has 2 aromatic carbocycles. The average Bonchev–Trinajstić information content (AvgIpc) is 2.54. The Balaban J connectivity index is 2.03. The van der Waals surface area contributed by atoms with Gasteiger partial charge < -0.3 is 15.0 Å².